The molecule has 0 aliphatic rings. The number of hydrogen-bond donors (Lipinski definition) is 1. The van der Waals surface area contributed by atoms with Crippen LogP contribution in [0.15, 0.2) is 53.6 Å². The van der Waals surface area contributed by atoms with Gasteiger partial charge in [-0.25, -0.2) is 0 Å². The molecule has 21 heavy (non-hydrogen) atoms. The lowest BCUT2D eigenvalue weighted by Gasteiger charge is -2.08. The van der Waals surface area contributed by atoms with Crippen LogP contribution >= 0.6 is 11.6 Å². The molecule has 3 aromatic rings. The number of pyridine rings is 1. The number of halogens is 1. The van der Waals surface area contributed by atoms with E-state index in [4.69, 9.17) is 17.3 Å². The quantitative estimate of drug-likeness (QED) is 0.805. The standard InChI is InChI=1S/C16H16ClN3O/c17-13-4-5-14-12(10-18)11-20(15(14)9-13)8-7-19-6-2-1-3-16(19)21/h1-6,9,11H,7-8,10,18H2. The summed E-state index contributed by atoms with van der Waals surface area (Å²) in [4.78, 5) is 11.7. The van der Waals surface area contributed by atoms with Gasteiger partial charge in [-0.3, -0.25) is 4.79 Å². The van der Waals surface area contributed by atoms with Gasteiger partial charge in [0, 0.05) is 54.0 Å². The number of benzene rings is 1. The van der Waals surface area contributed by atoms with Crippen molar-refractivity contribution < 1.29 is 0 Å². The van der Waals surface area contributed by atoms with Gasteiger partial charge in [-0.15, -0.1) is 0 Å². The van der Waals surface area contributed by atoms with Gasteiger partial charge in [0.25, 0.3) is 5.56 Å². The Morgan fingerprint density at radius 1 is 1.10 bits per heavy atom. The first-order valence-corrected chi connectivity index (χ1v) is 7.19. The lowest BCUT2D eigenvalue weighted by Crippen LogP contribution is -2.20. The highest BCUT2D eigenvalue weighted by molar-refractivity contribution is 6.31. The second-order valence-corrected chi connectivity index (χ2v) is 5.38. The highest BCUT2D eigenvalue weighted by Gasteiger charge is 2.08. The third-order valence-electron chi connectivity index (χ3n) is 3.63. The minimum Gasteiger partial charge on any atom is -0.345 e. The number of hydrogen-bond acceptors (Lipinski definition) is 2. The molecule has 5 heteroatoms. The summed E-state index contributed by atoms with van der Waals surface area (Å²) in [6, 6.07) is 11.0. The molecular weight excluding hydrogens is 286 g/mol. The summed E-state index contributed by atoms with van der Waals surface area (Å²) in [7, 11) is 0. The first kappa shape index (κ1) is 13.9. The van der Waals surface area contributed by atoms with Crippen LogP contribution in [0.4, 0.5) is 0 Å². The molecule has 0 aliphatic carbocycles. The monoisotopic (exact) mass is 301 g/mol. The summed E-state index contributed by atoms with van der Waals surface area (Å²) in [5.41, 5.74) is 7.94. The molecule has 2 N–H and O–H groups in total. The lowest BCUT2D eigenvalue weighted by atomic mass is 10.2. The normalized spacial score (nSPS) is 11.1. The van der Waals surface area contributed by atoms with Crippen molar-refractivity contribution in [3.63, 3.8) is 0 Å². The number of rotatable bonds is 4. The zero-order valence-electron chi connectivity index (χ0n) is 11.5. The van der Waals surface area contributed by atoms with E-state index in [9.17, 15) is 4.79 Å². The van der Waals surface area contributed by atoms with Gasteiger partial charge in [-0.1, -0.05) is 23.7 Å². The molecule has 0 aliphatic heterocycles. The average molecular weight is 302 g/mol. The van der Waals surface area contributed by atoms with Gasteiger partial charge in [-0.2, -0.15) is 0 Å². The van der Waals surface area contributed by atoms with Crippen molar-refractivity contribution in [2.45, 2.75) is 19.6 Å². The van der Waals surface area contributed by atoms with E-state index in [-0.39, 0.29) is 5.56 Å². The van der Waals surface area contributed by atoms with Crippen LogP contribution in [0.3, 0.4) is 0 Å². The van der Waals surface area contributed by atoms with Crippen LogP contribution in [0.25, 0.3) is 10.9 Å². The van der Waals surface area contributed by atoms with Crippen LogP contribution in [0.5, 0.6) is 0 Å². The van der Waals surface area contributed by atoms with Crippen molar-refractivity contribution in [2.75, 3.05) is 0 Å². The molecular formula is C16H16ClN3O. The molecule has 0 saturated heterocycles. The van der Waals surface area contributed by atoms with Crippen LogP contribution in [-0.2, 0) is 19.6 Å². The molecule has 0 fully saturated rings. The zero-order chi connectivity index (χ0) is 14.8. The Kier molecular flexibility index (Phi) is 3.82. The summed E-state index contributed by atoms with van der Waals surface area (Å²) < 4.78 is 3.79. The molecule has 0 radical (unpaired) electrons. The van der Waals surface area contributed by atoms with E-state index in [0.717, 1.165) is 16.5 Å². The molecule has 2 aromatic heterocycles. The van der Waals surface area contributed by atoms with Gasteiger partial charge in [-0.05, 0) is 23.8 Å². The van der Waals surface area contributed by atoms with Gasteiger partial charge in [0.05, 0.1) is 0 Å². The van der Waals surface area contributed by atoms with E-state index >= 15 is 0 Å². The fourth-order valence-electron chi connectivity index (χ4n) is 2.55. The number of aryl methyl sites for hydroxylation is 2. The van der Waals surface area contributed by atoms with E-state index < -0.39 is 0 Å². The minimum atomic E-state index is 0.00559. The maximum Gasteiger partial charge on any atom is 0.250 e. The van der Waals surface area contributed by atoms with Crippen molar-refractivity contribution >= 4 is 22.5 Å². The Balaban J connectivity index is 1.95. The van der Waals surface area contributed by atoms with Gasteiger partial charge >= 0.3 is 0 Å². The average Bonchev–Trinajstić information content (AvgIpc) is 2.83. The third kappa shape index (κ3) is 2.73. The molecule has 0 saturated carbocycles. The largest absolute Gasteiger partial charge is 0.345 e. The predicted octanol–water partition coefficient (Wildman–Crippen LogP) is 2.62. The Hall–Kier alpha value is -2.04. The number of nitrogens with zero attached hydrogens (tertiary/aromatic N) is 2. The molecule has 0 amide bonds. The van der Waals surface area contributed by atoms with E-state index in [1.54, 1.807) is 22.9 Å². The minimum absolute atomic E-state index is 0.00559. The Morgan fingerprint density at radius 3 is 2.67 bits per heavy atom. The van der Waals surface area contributed by atoms with Crippen molar-refractivity contribution in [2.24, 2.45) is 5.73 Å². The highest BCUT2D eigenvalue weighted by atomic mass is 35.5. The first-order chi connectivity index (χ1) is 10.2. The second-order valence-electron chi connectivity index (χ2n) is 4.95. The molecule has 1 aromatic carbocycles. The molecule has 108 valence electrons. The van der Waals surface area contributed by atoms with Crippen LogP contribution in [0.2, 0.25) is 5.02 Å². The molecule has 2 heterocycles. The fraction of sp³-hybridized carbons (Fsp3) is 0.188. The molecule has 0 spiro atoms. The lowest BCUT2D eigenvalue weighted by molar-refractivity contribution is 0.576. The van der Waals surface area contributed by atoms with E-state index in [2.05, 4.69) is 4.57 Å². The topological polar surface area (TPSA) is 52.9 Å². The van der Waals surface area contributed by atoms with Crippen LogP contribution in [-0.4, -0.2) is 9.13 Å². The summed E-state index contributed by atoms with van der Waals surface area (Å²) in [6.07, 6.45) is 3.83. The van der Waals surface area contributed by atoms with E-state index in [1.165, 1.54) is 0 Å². The van der Waals surface area contributed by atoms with Crippen LogP contribution in [0.1, 0.15) is 5.56 Å². The molecule has 0 atom stereocenters. The Morgan fingerprint density at radius 2 is 1.90 bits per heavy atom. The second kappa shape index (κ2) is 5.76. The SMILES string of the molecule is NCc1cn(CCn2ccccc2=O)c2cc(Cl)ccc12. The van der Waals surface area contributed by atoms with Gasteiger partial charge < -0.3 is 14.9 Å². The van der Waals surface area contributed by atoms with E-state index in [0.29, 0.717) is 24.7 Å². The fourth-order valence-corrected chi connectivity index (χ4v) is 2.72. The maximum atomic E-state index is 11.7. The van der Waals surface area contributed by atoms with Crippen molar-refractivity contribution in [3.8, 4) is 0 Å². The van der Waals surface area contributed by atoms with Crippen molar-refractivity contribution in [1.29, 1.82) is 0 Å². The van der Waals surface area contributed by atoms with Crippen LogP contribution < -0.4 is 11.3 Å². The highest BCUT2D eigenvalue weighted by Crippen LogP contribution is 2.24. The van der Waals surface area contributed by atoms with E-state index in [1.807, 2.05) is 30.5 Å². The third-order valence-corrected chi connectivity index (χ3v) is 3.86. The Bertz CT molecular complexity index is 835. The van der Waals surface area contributed by atoms with Gasteiger partial charge in [0.2, 0.25) is 0 Å². The summed E-state index contributed by atoms with van der Waals surface area (Å²) >= 11 is 6.09. The molecule has 3 rings (SSSR count). The number of nitrogens with two attached hydrogens (primary N) is 1. The number of fused-ring (bicyclic) bond motifs is 1. The molecule has 0 bridgehead atoms. The zero-order valence-corrected chi connectivity index (χ0v) is 12.3. The smallest absolute Gasteiger partial charge is 0.250 e. The van der Waals surface area contributed by atoms with Crippen molar-refractivity contribution in [1.82, 2.24) is 9.13 Å². The summed E-state index contributed by atoms with van der Waals surface area (Å²) in [5.74, 6) is 0. The predicted molar refractivity (Wildman–Crippen MR) is 85.5 cm³/mol. The number of aromatic nitrogens is 2. The van der Waals surface area contributed by atoms with Crippen LogP contribution in [0, 0.1) is 0 Å². The summed E-state index contributed by atoms with van der Waals surface area (Å²) in [5, 5.41) is 1.81. The Labute approximate surface area is 127 Å². The van der Waals surface area contributed by atoms with Gasteiger partial charge in [0.15, 0.2) is 0 Å². The molecule has 0 unspecified atom stereocenters. The first-order valence-electron chi connectivity index (χ1n) is 6.82. The maximum absolute atomic E-state index is 11.7. The molecule has 4 nitrogen and oxygen atoms in total. The summed E-state index contributed by atoms with van der Waals surface area (Å²) in [6.45, 7) is 1.79. The van der Waals surface area contributed by atoms with Gasteiger partial charge in [0.1, 0.15) is 0 Å². The van der Waals surface area contributed by atoms with Crippen molar-refractivity contribution in [3.05, 3.63) is 69.7 Å².